The Hall–Kier alpha value is -0.570. The van der Waals surface area contributed by atoms with Gasteiger partial charge in [0.2, 0.25) is 0 Å². The lowest BCUT2D eigenvalue weighted by Crippen LogP contribution is -2.04. The van der Waals surface area contributed by atoms with E-state index >= 15 is 0 Å². The highest BCUT2D eigenvalue weighted by Crippen LogP contribution is 2.32. The maximum atomic E-state index is 12.4. The Bertz CT molecular complexity index is 403. The Morgan fingerprint density at radius 1 is 1.67 bits per heavy atom. The van der Waals surface area contributed by atoms with Gasteiger partial charge in [0.25, 0.3) is 12.1 Å². The van der Waals surface area contributed by atoms with Crippen LogP contribution in [0.25, 0.3) is 0 Å². The van der Waals surface area contributed by atoms with Crippen LogP contribution in [0.15, 0.2) is 6.20 Å². The molecule has 1 rings (SSSR count). The van der Waals surface area contributed by atoms with E-state index < -0.39 is 22.7 Å². The molecule has 0 aliphatic rings. The molecule has 0 spiro atoms. The topological polar surface area (TPSA) is 56.0 Å². The van der Waals surface area contributed by atoms with Gasteiger partial charge in [-0.25, -0.2) is 8.78 Å². The number of alkyl halides is 3. The first kappa shape index (κ1) is 12.5. The largest absolute Gasteiger partial charge is 0.290 e. The van der Waals surface area contributed by atoms with Gasteiger partial charge in [-0.2, -0.15) is 0 Å². The van der Waals surface area contributed by atoms with Crippen molar-refractivity contribution in [1.29, 1.82) is 0 Å². The van der Waals surface area contributed by atoms with Crippen molar-refractivity contribution >= 4 is 39.9 Å². The second-order valence-electron chi connectivity index (χ2n) is 2.51. The molecule has 8 heteroatoms. The summed E-state index contributed by atoms with van der Waals surface area (Å²) in [7, 11) is 0. The van der Waals surface area contributed by atoms with Crippen molar-refractivity contribution < 1.29 is 13.7 Å². The molecule has 0 unspecified atom stereocenters. The maximum Gasteiger partial charge on any atom is 0.290 e. The third-order valence-electron chi connectivity index (χ3n) is 1.66. The smallest absolute Gasteiger partial charge is 0.258 e. The van der Waals surface area contributed by atoms with Crippen molar-refractivity contribution in [3.8, 4) is 0 Å². The first-order valence-corrected chi connectivity index (χ1v) is 5.26. The van der Waals surface area contributed by atoms with E-state index in [1.807, 2.05) is 0 Å². The van der Waals surface area contributed by atoms with Gasteiger partial charge in [-0.3, -0.25) is 15.1 Å². The molecule has 0 aromatic carbocycles. The molecule has 0 aliphatic carbocycles. The SMILES string of the molecule is O=[N+]([O-])c1c(I)cnc(C(F)F)c1CCl. The van der Waals surface area contributed by atoms with Gasteiger partial charge >= 0.3 is 0 Å². The van der Waals surface area contributed by atoms with Crippen molar-refractivity contribution in [2.45, 2.75) is 12.3 Å². The Labute approximate surface area is 102 Å². The minimum Gasteiger partial charge on any atom is -0.258 e. The van der Waals surface area contributed by atoms with Crippen LogP contribution in [0.1, 0.15) is 17.7 Å². The Kier molecular flexibility index (Phi) is 4.14. The van der Waals surface area contributed by atoms with Gasteiger partial charge in [0, 0.05) is 6.20 Å². The van der Waals surface area contributed by atoms with Crippen LogP contribution in [0.2, 0.25) is 0 Å². The van der Waals surface area contributed by atoms with Crippen LogP contribution in [0, 0.1) is 13.7 Å². The number of halogens is 4. The van der Waals surface area contributed by atoms with Crippen LogP contribution >= 0.6 is 34.2 Å². The second kappa shape index (κ2) is 4.97. The lowest BCUT2D eigenvalue weighted by molar-refractivity contribution is -0.386. The van der Waals surface area contributed by atoms with Crippen LogP contribution < -0.4 is 0 Å². The Balaban J connectivity index is 3.47. The second-order valence-corrected chi connectivity index (χ2v) is 3.94. The molecule has 1 heterocycles. The van der Waals surface area contributed by atoms with E-state index in [0.717, 1.165) is 6.20 Å². The predicted molar refractivity (Wildman–Crippen MR) is 58.1 cm³/mol. The normalized spacial score (nSPS) is 10.7. The first-order chi connectivity index (χ1) is 6.99. The number of pyridine rings is 1. The average Bonchev–Trinajstić information content (AvgIpc) is 2.15. The molecule has 0 bridgehead atoms. The molecular weight excluding hydrogens is 344 g/mol. The maximum absolute atomic E-state index is 12.4. The van der Waals surface area contributed by atoms with Crippen LogP contribution in [-0.2, 0) is 5.88 Å². The molecule has 0 saturated carbocycles. The Morgan fingerprint density at radius 3 is 2.67 bits per heavy atom. The summed E-state index contributed by atoms with van der Waals surface area (Å²) in [5.41, 5.74) is -1.24. The predicted octanol–water partition coefficient (Wildman–Crippen LogP) is 3.27. The number of nitro groups is 1. The van der Waals surface area contributed by atoms with Crippen molar-refractivity contribution in [2.24, 2.45) is 0 Å². The molecule has 1 aromatic heterocycles. The number of hydrogen-bond donors (Lipinski definition) is 0. The van der Waals surface area contributed by atoms with Crippen molar-refractivity contribution in [3.63, 3.8) is 0 Å². The number of rotatable bonds is 3. The summed E-state index contributed by atoms with van der Waals surface area (Å²) < 4.78 is 25.1. The van der Waals surface area contributed by atoms with E-state index in [-0.39, 0.29) is 15.0 Å². The van der Waals surface area contributed by atoms with Crippen molar-refractivity contribution in [3.05, 3.63) is 31.1 Å². The lowest BCUT2D eigenvalue weighted by Gasteiger charge is -2.06. The average molecular weight is 348 g/mol. The molecular formula is C7H4ClF2IN2O2. The van der Waals surface area contributed by atoms with E-state index in [9.17, 15) is 18.9 Å². The molecule has 0 N–H and O–H groups in total. The van der Waals surface area contributed by atoms with E-state index in [1.165, 1.54) is 0 Å². The minimum absolute atomic E-state index is 0.192. The van der Waals surface area contributed by atoms with Gasteiger partial charge in [0.1, 0.15) is 9.26 Å². The fourth-order valence-corrected chi connectivity index (χ4v) is 1.97. The van der Waals surface area contributed by atoms with Crippen molar-refractivity contribution in [1.82, 2.24) is 4.98 Å². The van der Waals surface area contributed by atoms with Gasteiger partial charge in [-0.15, -0.1) is 11.6 Å². The lowest BCUT2D eigenvalue weighted by atomic mass is 10.2. The van der Waals surface area contributed by atoms with Crippen LogP contribution in [-0.4, -0.2) is 9.91 Å². The fourth-order valence-electron chi connectivity index (χ4n) is 1.05. The Morgan fingerprint density at radius 2 is 2.27 bits per heavy atom. The van der Waals surface area contributed by atoms with E-state index in [0.29, 0.717) is 0 Å². The van der Waals surface area contributed by atoms with Gasteiger partial charge in [0.15, 0.2) is 0 Å². The van der Waals surface area contributed by atoms with Gasteiger partial charge in [-0.05, 0) is 22.6 Å². The molecule has 0 saturated heterocycles. The number of aromatic nitrogens is 1. The summed E-state index contributed by atoms with van der Waals surface area (Å²) in [6, 6.07) is 0. The summed E-state index contributed by atoms with van der Waals surface area (Å²) in [4.78, 5) is 13.4. The molecule has 0 aliphatic heterocycles. The van der Waals surface area contributed by atoms with Gasteiger partial charge in [-0.1, -0.05) is 0 Å². The zero-order valence-corrected chi connectivity index (χ0v) is 10.00. The highest BCUT2D eigenvalue weighted by Gasteiger charge is 2.26. The number of nitrogens with zero attached hydrogens (tertiary/aromatic N) is 2. The fraction of sp³-hybridized carbons (Fsp3) is 0.286. The first-order valence-electron chi connectivity index (χ1n) is 3.64. The highest BCUT2D eigenvalue weighted by molar-refractivity contribution is 14.1. The molecule has 0 radical (unpaired) electrons. The molecule has 4 nitrogen and oxygen atoms in total. The molecule has 0 fully saturated rings. The van der Waals surface area contributed by atoms with E-state index in [1.54, 1.807) is 22.6 Å². The van der Waals surface area contributed by atoms with Gasteiger partial charge in [0.05, 0.1) is 16.4 Å². The summed E-state index contributed by atoms with van der Waals surface area (Å²) in [6.45, 7) is 0. The summed E-state index contributed by atoms with van der Waals surface area (Å²) >= 11 is 7.07. The van der Waals surface area contributed by atoms with E-state index in [2.05, 4.69) is 4.98 Å². The highest BCUT2D eigenvalue weighted by atomic mass is 127. The van der Waals surface area contributed by atoms with Crippen LogP contribution in [0.5, 0.6) is 0 Å². The van der Waals surface area contributed by atoms with Crippen molar-refractivity contribution in [2.75, 3.05) is 0 Å². The van der Waals surface area contributed by atoms with Crippen LogP contribution in [0.4, 0.5) is 14.5 Å². The quantitative estimate of drug-likeness (QED) is 0.365. The zero-order valence-electron chi connectivity index (χ0n) is 7.08. The standard InChI is InChI=1S/C7H4ClF2IN2O2/c8-1-3-5(7(9)10)12-2-4(11)6(3)13(14)15/h2,7H,1H2. The van der Waals surface area contributed by atoms with E-state index in [4.69, 9.17) is 11.6 Å². The molecule has 82 valence electrons. The molecule has 1 aromatic rings. The molecule has 15 heavy (non-hydrogen) atoms. The van der Waals surface area contributed by atoms with Crippen LogP contribution in [0.3, 0.4) is 0 Å². The molecule has 0 atom stereocenters. The number of hydrogen-bond acceptors (Lipinski definition) is 3. The van der Waals surface area contributed by atoms with Gasteiger partial charge < -0.3 is 0 Å². The summed E-state index contributed by atoms with van der Waals surface area (Å²) in [6.07, 6.45) is -1.83. The monoisotopic (exact) mass is 348 g/mol. The third kappa shape index (κ3) is 2.51. The third-order valence-corrected chi connectivity index (χ3v) is 2.72. The summed E-state index contributed by atoms with van der Waals surface area (Å²) in [5, 5.41) is 10.6. The zero-order chi connectivity index (χ0) is 11.6. The summed E-state index contributed by atoms with van der Waals surface area (Å²) in [5.74, 6) is -0.361. The minimum atomic E-state index is -2.87. The molecule has 0 amide bonds.